The fourth-order valence-corrected chi connectivity index (χ4v) is 6.64. The molecule has 0 aromatic carbocycles. The smallest absolute Gasteiger partial charge is 0.153 e. The van der Waals surface area contributed by atoms with Crippen molar-refractivity contribution in [2.75, 3.05) is 7.11 Å². The number of alkyl halides is 1. The number of rotatable bonds is 1. The van der Waals surface area contributed by atoms with Gasteiger partial charge in [-0.2, -0.15) is 0 Å². The molecule has 0 aliphatic heterocycles. The standard InChI is InChI=1S/C20H31FO3/c1-18-9-3-4-16(18)19(23)11-7-13-5-6-14(22)12-20(13,24-2)17(21)15(19)8-10-18/h8,13-14,16-17,22-23H,3-7,9-12H2,1-2H3/t13?,14?,16?,17?,18?,19-,20?/m1/s1. The van der Waals surface area contributed by atoms with Gasteiger partial charge in [0.1, 0.15) is 5.60 Å². The Morgan fingerprint density at radius 1 is 1.21 bits per heavy atom. The number of hydrogen-bond donors (Lipinski definition) is 2. The zero-order chi connectivity index (χ0) is 17.2. The maximum atomic E-state index is 15.9. The van der Waals surface area contributed by atoms with Crippen molar-refractivity contribution in [3.8, 4) is 0 Å². The highest BCUT2D eigenvalue weighted by molar-refractivity contribution is 5.34. The molecule has 0 bridgehead atoms. The molecule has 136 valence electrons. The zero-order valence-corrected chi connectivity index (χ0v) is 14.9. The second-order valence-electron chi connectivity index (χ2n) is 9.08. The molecular formula is C20H31FO3. The first-order valence-electron chi connectivity index (χ1n) is 9.66. The van der Waals surface area contributed by atoms with Gasteiger partial charge in [0.05, 0.1) is 11.7 Å². The van der Waals surface area contributed by atoms with Gasteiger partial charge in [0.25, 0.3) is 0 Å². The average Bonchev–Trinajstić information content (AvgIpc) is 2.92. The molecule has 3 fully saturated rings. The van der Waals surface area contributed by atoms with Crippen molar-refractivity contribution in [2.24, 2.45) is 17.3 Å². The average molecular weight is 338 g/mol. The maximum Gasteiger partial charge on any atom is 0.153 e. The van der Waals surface area contributed by atoms with Crippen LogP contribution in [0, 0.1) is 17.3 Å². The number of ether oxygens (including phenoxy) is 1. The summed E-state index contributed by atoms with van der Waals surface area (Å²) < 4.78 is 21.7. The SMILES string of the molecule is COC12CC(O)CCC1CC[C@@]1(O)C(=CCC3(C)CCCC31)C2F. The highest BCUT2D eigenvalue weighted by atomic mass is 19.1. The summed E-state index contributed by atoms with van der Waals surface area (Å²) in [6.45, 7) is 2.26. The second-order valence-corrected chi connectivity index (χ2v) is 9.08. The predicted octanol–water partition coefficient (Wildman–Crippen LogP) is 3.53. The summed E-state index contributed by atoms with van der Waals surface area (Å²) in [5.41, 5.74) is -1.34. The number of hydrogen-bond acceptors (Lipinski definition) is 3. The van der Waals surface area contributed by atoms with E-state index in [9.17, 15) is 10.2 Å². The molecule has 3 nitrogen and oxygen atoms in total. The number of allylic oxidation sites excluding steroid dienone is 1. The van der Waals surface area contributed by atoms with E-state index >= 15 is 4.39 Å². The Kier molecular flexibility index (Phi) is 3.91. The third-order valence-corrected chi connectivity index (χ3v) is 8.00. The predicted molar refractivity (Wildman–Crippen MR) is 90.3 cm³/mol. The van der Waals surface area contributed by atoms with Gasteiger partial charge in [-0.25, -0.2) is 4.39 Å². The van der Waals surface area contributed by atoms with E-state index in [1.54, 1.807) is 7.11 Å². The van der Waals surface area contributed by atoms with Gasteiger partial charge in [0.2, 0.25) is 0 Å². The topological polar surface area (TPSA) is 49.7 Å². The summed E-state index contributed by atoms with van der Waals surface area (Å²) >= 11 is 0. The first kappa shape index (κ1) is 17.0. The van der Waals surface area contributed by atoms with Gasteiger partial charge in [-0.05, 0) is 67.8 Å². The molecule has 0 saturated heterocycles. The Morgan fingerprint density at radius 3 is 2.75 bits per heavy atom. The Hall–Kier alpha value is -0.450. The largest absolute Gasteiger partial charge is 0.393 e. The third-order valence-electron chi connectivity index (χ3n) is 8.00. The van der Waals surface area contributed by atoms with Crippen molar-refractivity contribution in [3.63, 3.8) is 0 Å². The van der Waals surface area contributed by atoms with Crippen LogP contribution < -0.4 is 0 Å². The van der Waals surface area contributed by atoms with E-state index in [-0.39, 0.29) is 17.3 Å². The monoisotopic (exact) mass is 338 g/mol. The van der Waals surface area contributed by atoms with Gasteiger partial charge in [-0.3, -0.25) is 0 Å². The molecule has 24 heavy (non-hydrogen) atoms. The highest BCUT2D eigenvalue weighted by Crippen LogP contribution is 2.61. The van der Waals surface area contributed by atoms with Gasteiger partial charge in [-0.1, -0.05) is 19.4 Å². The van der Waals surface area contributed by atoms with Crippen LogP contribution in [0.15, 0.2) is 11.6 Å². The van der Waals surface area contributed by atoms with E-state index in [0.717, 1.165) is 38.5 Å². The van der Waals surface area contributed by atoms with Crippen LogP contribution in [-0.4, -0.2) is 40.8 Å². The van der Waals surface area contributed by atoms with E-state index in [0.29, 0.717) is 24.8 Å². The quantitative estimate of drug-likeness (QED) is 0.719. The van der Waals surface area contributed by atoms with Crippen molar-refractivity contribution < 1.29 is 19.3 Å². The molecule has 4 aliphatic carbocycles. The fourth-order valence-electron chi connectivity index (χ4n) is 6.64. The van der Waals surface area contributed by atoms with Crippen LogP contribution in [0.25, 0.3) is 0 Å². The Balaban J connectivity index is 1.78. The van der Waals surface area contributed by atoms with Crippen LogP contribution in [0.3, 0.4) is 0 Å². The molecule has 6 unspecified atom stereocenters. The molecule has 2 N–H and O–H groups in total. The lowest BCUT2D eigenvalue weighted by atomic mass is 9.60. The number of aliphatic hydroxyl groups excluding tert-OH is 1. The minimum Gasteiger partial charge on any atom is -0.393 e. The van der Waals surface area contributed by atoms with Crippen LogP contribution in [0.4, 0.5) is 4.39 Å². The highest BCUT2D eigenvalue weighted by Gasteiger charge is 2.62. The van der Waals surface area contributed by atoms with Gasteiger partial charge < -0.3 is 14.9 Å². The Labute approximate surface area is 144 Å². The van der Waals surface area contributed by atoms with Crippen LogP contribution in [0.5, 0.6) is 0 Å². The minimum absolute atomic E-state index is 0.0732. The molecule has 0 aromatic rings. The number of fused-ring (bicyclic) bond motifs is 4. The summed E-state index contributed by atoms with van der Waals surface area (Å²) in [5, 5.41) is 21.9. The van der Waals surface area contributed by atoms with Crippen molar-refractivity contribution in [1.82, 2.24) is 0 Å². The molecule has 0 aromatic heterocycles. The number of halogens is 1. The van der Waals surface area contributed by atoms with E-state index in [1.165, 1.54) is 0 Å². The summed E-state index contributed by atoms with van der Waals surface area (Å²) in [6, 6.07) is 0. The normalized spacial score (nSPS) is 54.3. The first-order chi connectivity index (χ1) is 11.4. The van der Waals surface area contributed by atoms with Crippen molar-refractivity contribution in [1.29, 1.82) is 0 Å². The van der Waals surface area contributed by atoms with E-state index in [4.69, 9.17) is 4.74 Å². The zero-order valence-electron chi connectivity index (χ0n) is 14.9. The number of methoxy groups -OCH3 is 1. The van der Waals surface area contributed by atoms with E-state index in [2.05, 4.69) is 6.92 Å². The van der Waals surface area contributed by atoms with Crippen LogP contribution in [0.1, 0.15) is 64.7 Å². The molecule has 4 aliphatic rings. The van der Waals surface area contributed by atoms with Crippen LogP contribution in [0.2, 0.25) is 0 Å². The molecule has 0 spiro atoms. The van der Waals surface area contributed by atoms with Gasteiger partial charge in [0, 0.05) is 13.5 Å². The lowest BCUT2D eigenvalue weighted by Gasteiger charge is -2.50. The molecule has 0 amide bonds. The minimum atomic E-state index is -1.32. The number of aliphatic hydroxyl groups is 2. The molecule has 4 heteroatoms. The maximum absolute atomic E-state index is 15.9. The Morgan fingerprint density at radius 2 is 2.00 bits per heavy atom. The molecule has 0 radical (unpaired) electrons. The summed E-state index contributed by atoms with van der Waals surface area (Å²) in [4.78, 5) is 0. The van der Waals surface area contributed by atoms with E-state index in [1.807, 2.05) is 6.08 Å². The van der Waals surface area contributed by atoms with Crippen molar-refractivity contribution in [3.05, 3.63) is 11.6 Å². The summed E-state index contributed by atoms with van der Waals surface area (Å²) in [7, 11) is 1.57. The summed E-state index contributed by atoms with van der Waals surface area (Å²) in [6.07, 6.45) is 7.48. The van der Waals surface area contributed by atoms with Crippen molar-refractivity contribution in [2.45, 2.75) is 88.2 Å². The van der Waals surface area contributed by atoms with E-state index < -0.39 is 23.5 Å². The summed E-state index contributed by atoms with van der Waals surface area (Å²) in [5.74, 6) is 0.228. The molecule has 0 heterocycles. The van der Waals surface area contributed by atoms with Gasteiger partial charge >= 0.3 is 0 Å². The lowest BCUT2D eigenvalue weighted by molar-refractivity contribution is -0.147. The van der Waals surface area contributed by atoms with Crippen LogP contribution >= 0.6 is 0 Å². The third kappa shape index (κ3) is 2.12. The first-order valence-corrected chi connectivity index (χ1v) is 9.66. The molecule has 3 saturated carbocycles. The Bertz CT molecular complexity index is 549. The van der Waals surface area contributed by atoms with Crippen LogP contribution in [-0.2, 0) is 4.74 Å². The van der Waals surface area contributed by atoms with Gasteiger partial charge in [0.15, 0.2) is 6.17 Å². The lowest BCUT2D eigenvalue weighted by Crippen LogP contribution is -2.56. The molecule has 4 rings (SSSR count). The molecular weight excluding hydrogens is 307 g/mol. The fraction of sp³-hybridized carbons (Fsp3) is 0.900. The van der Waals surface area contributed by atoms with Crippen molar-refractivity contribution >= 4 is 0 Å². The van der Waals surface area contributed by atoms with Gasteiger partial charge in [-0.15, -0.1) is 0 Å². The second kappa shape index (κ2) is 5.52. The molecule has 7 atom stereocenters.